The van der Waals surface area contributed by atoms with Crippen molar-refractivity contribution in [3.63, 3.8) is 0 Å². The number of ketones is 1. The second-order valence-corrected chi connectivity index (χ2v) is 11.9. The number of esters is 1. The predicted octanol–water partition coefficient (Wildman–Crippen LogP) is 4.20. The number of aliphatic hydroxyl groups excluding tert-OH is 1. The smallest absolute Gasteiger partial charge is 0.342 e. The summed E-state index contributed by atoms with van der Waals surface area (Å²) in [5.41, 5.74) is 2.09. The van der Waals surface area contributed by atoms with E-state index in [0.29, 0.717) is 73.7 Å². The quantitative estimate of drug-likeness (QED) is 0.509. The van der Waals surface area contributed by atoms with Crippen LogP contribution >= 0.6 is 0 Å². The van der Waals surface area contributed by atoms with Crippen molar-refractivity contribution in [1.82, 2.24) is 9.47 Å². The normalized spacial score (nSPS) is 24.1. The van der Waals surface area contributed by atoms with Crippen LogP contribution in [0.5, 0.6) is 11.5 Å². The number of cyclic esters (lactones) is 1. The predicted molar refractivity (Wildman–Crippen MR) is 159 cm³/mol. The van der Waals surface area contributed by atoms with Gasteiger partial charge in [-0.05, 0) is 62.6 Å². The molecule has 3 aliphatic rings. The number of β-amino-alcohol motifs (C(OH)–C–C–N with tert-alkyl or cyclic N) is 1. The van der Waals surface area contributed by atoms with Crippen molar-refractivity contribution in [3.05, 3.63) is 63.6 Å². The molecule has 1 aromatic carbocycles. The average molecular weight is 579 g/mol. The molecule has 9 nitrogen and oxygen atoms in total. The molecule has 5 rings (SSSR count). The van der Waals surface area contributed by atoms with Gasteiger partial charge in [0, 0.05) is 62.8 Å². The van der Waals surface area contributed by atoms with Crippen LogP contribution in [0.3, 0.4) is 0 Å². The molecule has 3 aliphatic heterocycles. The fourth-order valence-electron chi connectivity index (χ4n) is 6.53. The molecule has 0 saturated carbocycles. The second-order valence-electron chi connectivity index (χ2n) is 11.9. The van der Waals surface area contributed by atoms with Gasteiger partial charge in [-0.3, -0.25) is 14.5 Å². The highest BCUT2D eigenvalue weighted by Gasteiger charge is 2.35. The first-order valence-corrected chi connectivity index (χ1v) is 15.1. The minimum Gasteiger partial charge on any atom is -0.496 e. The Morgan fingerprint density at radius 3 is 2.76 bits per heavy atom. The van der Waals surface area contributed by atoms with Crippen LogP contribution in [0.4, 0.5) is 0 Å². The lowest BCUT2D eigenvalue weighted by atomic mass is 9.83. The van der Waals surface area contributed by atoms with Gasteiger partial charge in [-0.15, -0.1) is 0 Å². The van der Waals surface area contributed by atoms with E-state index in [1.807, 2.05) is 35.8 Å². The van der Waals surface area contributed by atoms with Crippen LogP contribution in [0.15, 0.2) is 41.2 Å². The van der Waals surface area contributed by atoms with E-state index in [9.17, 15) is 19.5 Å². The minimum absolute atomic E-state index is 0.0618. The number of likely N-dealkylation sites (tertiary alicyclic amines) is 1. The van der Waals surface area contributed by atoms with Gasteiger partial charge in [0.1, 0.15) is 35.6 Å². The molecule has 2 bridgehead atoms. The lowest BCUT2D eigenvalue weighted by Crippen LogP contribution is -2.49. The van der Waals surface area contributed by atoms with E-state index in [1.54, 1.807) is 18.2 Å². The van der Waals surface area contributed by atoms with Gasteiger partial charge in [-0.25, -0.2) is 4.79 Å². The van der Waals surface area contributed by atoms with Crippen LogP contribution < -0.4 is 15.0 Å². The Bertz CT molecular complexity index is 1370. The summed E-state index contributed by atoms with van der Waals surface area (Å²) < 4.78 is 19.2. The number of carbonyl (C=O) groups is 2. The summed E-state index contributed by atoms with van der Waals surface area (Å²) in [6.45, 7) is 4.72. The fourth-order valence-corrected chi connectivity index (χ4v) is 6.53. The summed E-state index contributed by atoms with van der Waals surface area (Å²) in [4.78, 5) is 39.9. The zero-order valence-corrected chi connectivity index (χ0v) is 24.6. The maximum atomic E-state index is 13.2. The first kappa shape index (κ1) is 30.0. The molecule has 2 aromatic rings. The Hall–Kier alpha value is -3.43. The van der Waals surface area contributed by atoms with Crippen LogP contribution in [0.1, 0.15) is 79.4 Å². The van der Waals surface area contributed by atoms with Crippen LogP contribution in [0.25, 0.3) is 6.08 Å². The van der Waals surface area contributed by atoms with Crippen molar-refractivity contribution >= 4 is 17.8 Å². The molecule has 9 heteroatoms. The van der Waals surface area contributed by atoms with Gasteiger partial charge in [0.25, 0.3) is 5.56 Å². The number of pyridine rings is 1. The highest BCUT2D eigenvalue weighted by Crippen LogP contribution is 2.35. The van der Waals surface area contributed by atoms with Crippen LogP contribution in [0.2, 0.25) is 0 Å². The molecule has 4 heterocycles. The molecule has 1 N–H and O–H groups in total. The van der Waals surface area contributed by atoms with Gasteiger partial charge >= 0.3 is 5.97 Å². The van der Waals surface area contributed by atoms with Crippen molar-refractivity contribution in [3.8, 4) is 11.5 Å². The highest BCUT2D eigenvalue weighted by atomic mass is 16.5. The number of piperidine rings is 1. The summed E-state index contributed by atoms with van der Waals surface area (Å²) >= 11 is 0. The first-order chi connectivity index (χ1) is 20.3. The number of rotatable bonds is 6. The summed E-state index contributed by atoms with van der Waals surface area (Å²) in [5.74, 6) is 1.25. The van der Waals surface area contributed by atoms with E-state index in [4.69, 9.17) is 14.2 Å². The Kier molecular flexibility index (Phi) is 9.80. The Morgan fingerprint density at radius 1 is 1.10 bits per heavy atom. The largest absolute Gasteiger partial charge is 0.496 e. The zero-order valence-electron chi connectivity index (χ0n) is 24.6. The van der Waals surface area contributed by atoms with Gasteiger partial charge in [0.15, 0.2) is 0 Å². The summed E-state index contributed by atoms with van der Waals surface area (Å²) in [7, 11) is 1.51. The molecule has 1 fully saturated rings. The van der Waals surface area contributed by atoms with Crippen molar-refractivity contribution in [2.75, 3.05) is 33.4 Å². The van der Waals surface area contributed by atoms with Crippen molar-refractivity contribution in [2.24, 2.45) is 5.92 Å². The third-order valence-electron chi connectivity index (χ3n) is 8.50. The van der Waals surface area contributed by atoms with E-state index in [-0.39, 0.29) is 30.0 Å². The van der Waals surface area contributed by atoms with E-state index in [1.165, 1.54) is 7.11 Å². The number of carbonyl (C=O) groups excluding carboxylic acids is 2. The SMILES string of the molecule is COc1cc(OCC(O)CN2C[C@H]3C[C@@H](C2)c2cccc(=O)n2C3)cc2c1C(=O)O[C@@H](C)CCCC(=O)CCCC=C2. The van der Waals surface area contributed by atoms with Crippen LogP contribution in [-0.4, -0.2) is 71.9 Å². The highest BCUT2D eigenvalue weighted by molar-refractivity contribution is 5.97. The monoisotopic (exact) mass is 578 g/mol. The molecule has 0 spiro atoms. The lowest BCUT2D eigenvalue weighted by molar-refractivity contribution is -0.119. The molecular formula is C33H42N2O7. The fraction of sp³-hybridized carbons (Fsp3) is 0.545. The average Bonchev–Trinajstić information content (AvgIpc) is 2.95. The minimum atomic E-state index is -0.722. The number of ether oxygens (including phenoxy) is 3. The van der Waals surface area contributed by atoms with Gasteiger partial charge in [0.05, 0.1) is 13.2 Å². The Labute approximate surface area is 247 Å². The maximum Gasteiger partial charge on any atom is 0.342 e. The number of methoxy groups -OCH3 is 1. The molecular weight excluding hydrogens is 536 g/mol. The molecule has 4 atom stereocenters. The molecule has 0 amide bonds. The van der Waals surface area contributed by atoms with Crippen molar-refractivity contribution in [2.45, 2.75) is 76.5 Å². The number of aromatic nitrogens is 1. The molecule has 0 aliphatic carbocycles. The molecule has 42 heavy (non-hydrogen) atoms. The third kappa shape index (κ3) is 7.31. The number of hydrogen-bond donors (Lipinski definition) is 1. The number of aliphatic hydroxyl groups is 1. The van der Waals surface area contributed by atoms with E-state index in [2.05, 4.69) is 4.90 Å². The topological polar surface area (TPSA) is 107 Å². The number of Topliss-reactive ketones (excluding diaryl/α,β-unsaturated/α-hetero) is 1. The van der Waals surface area contributed by atoms with E-state index < -0.39 is 12.1 Å². The maximum absolute atomic E-state index is 13.2. The van der Waals surface area contributed by atoms with Gasteiger partial charge < -0.3 is 23.9 Å². The number of nitrogens with zero attached hydrogens (tertiary/aromatic N) is 2. The summed E-state index contributed by atoms with van der Waals surface area (Å²) in [5, 5.41) is 10.9. The van der Waals surface area contributed by atoms with Crippen LogP contribution in [0, 0.1) is 5.92 Å². The van der Waals surface area contributed by atoms with Crippen molar-refractivity contribution < 1.29 is 28.9 Å². The lowest BCUT2D eigenvalue weighted by Gasteiger charge is -2.43. The van der Waals surface area contributed by atoms with E-state index >= 15 is 0 Å². The molecule has 226 valence electrons. The van der Waals surface area contributed by atoms with Gasteiger partial charge in [-0.1, -0.05) is 18.2 Å². The number of hydrogen-bond acceptors (Lipinski definition) is 8. The number of allylic oxidation sites excluding steroid dienone is 1. The van der Waals surface area contributed by atoms with E-state index in [0.717, 1.165) is 31.6 Å². The van der Waals surface area contributed by atoms with Crippen LogP contribution in [-0.2, 0) is 16.1 Å². The van der Waals surface area contributed by atoms with Crippen molar-refractivity contribution in [1.29, 1.82) is 0 Å². The number of benzene rings is 1. The first-order valence-electron chi connectivity index (χ1n) is 15.1. The van der Waals surface area contributed by atoms with Gasteiger partial charge in [0.2, 0.25) is 0 Å². The second kappa shape index (κ2) is 13.7. The Morgan fingerprint density at radius 2 is 1.93 bits per heavy atom. The molecule has 1 aromatic heterocycles. The molecule has 0 radical (unpaired) electrons. The number of fused-ring (bicyclic) bond motifs is 5. The summed E-state index contributed by atoms with van der Waals surface area (Å²) in [6, 6.07) is 8.92. The molecule has 1 unspecified atom stereocenters. The van der Waals surface area contributed by atoms with Gasteiger partial charge in [-0.2, -0.15) is 0 Å². The standard InChI is InChI=1S/C33H42N2O7/c1-22-8-6-11-26(36)10-5-3-4-9-24-15-28(16-30(40-2)32(24)33(39)42-22)41-21-27(37)20-34-17-23-14-25(19-34)29-12-7-13-31(38)35(29)18-23/h4,7,9,12-13,15-16,22-23,25,27,37H,3,5-6,8,10-11,14,17-21H2,1-2H3/t22-,23+,25-,27?/m0/s1. The summed E-state index contributed by atoms with van der Waals surface area (Å²) in [6.07, 6.45) is 7.63. The zero-order chi connectivity index (χ0) is 29.6. The third-order valence-corrected chi connectivity index (χ3v) is 8.50. The Balaban J connectivity index is 1.26. The molecule has 1 saturated heterocycles.